The Morgan fingerprint density at radius 3 is 2.67 bits per heavy atom. The first-order valence-electron chi connectivity index (χ1n) is 6.50. The number of hydrogen-bond donors (Lipinski definition) is 2. The quantitative estimate of drug-likeness (QED) is 0.905. The van der Waals surface area contributed by atoms with Gasteiger partial charge in [-0.05, 0) is 26.8 Å². The first kappa shape index (κ1) is 15.7. The smallest absolute Gasteiger partial charge is 0.253 e. The van der Waals surface area contributed by atoms with Crippen LogP contribution < -0.4 is 10.6 Å². The Hall–Kier alpha value is -1.66. The summed E-state index contributed by atoms with van der Waals surface area (Å²) in [4.78, 5) is 21.8. The molecule has 0 aliphatic heterocycles. The van der Waals surface area contributed by atoms with Crippen molar-refractivity contribution in [2.75, 3.05) is 12.4 Å². The maximum absolute atomic E-state index is 12.3. The van der Waals surface area contributed by atoms with Crippen LogP contribution >= 0.6 is 22.9 Å². The van der Waals surface area contributed by atoms with Gasteiger partial charge in [-0.15, -0.1) is 11.3 Å². The molecule has 1 atom stereocenters. The highest BCUT2D eigenvalue weighted by atomic mass is 35.5. The lowest BCUT2D eigenvalue weighted by atomic mass is 10.2. The number of aryl methyl sites for hydroxylation is 2. The number of thiazole rings is 1. The molecule has 2 N–H and O–H groups in total. The summed E-state index contributed by atoms with van der Waals surface area (Å²) < 4.78 is 0. The average molecular weight is 325 g/mol. The van der Waals surface area contributed by atoms with Crippen LogP contribution in [-0.4, -0.2) is 22.9 Å². The lowest BCUT2D eigenvalue weighted by molar-refractivity contribution is 0.0940. The third-order valence-electron chi connectivity index (χ3n) is 3.02. The molecule has 5 nitrogen and oxygen atoms in total. The number of anilines is 1. The van der Waals surface area contributed by atoms with Gasteiger partial charge in [0.2, 0.25) is 0 Å². The number of carbonyl (C=O) groups is 1. The molecule has 2 aromatic heterocycles. The molecule has 0 spiro atoms. The Morgan fingerprint density at radius 1 is 1.43 bits per heavy atom. The van der Waals surface area contributed by atoms with Crippen LogP contribution in [0.4, 0.5) is 5.82 Å². The average Bonchev–Trinajstić information content (AvgIpc) is 2.77. The number of aromatic nitrogens is 2. The van der Waals surface area contributed by atoms with E-state index in [0.29, 0.717) is 16.4 Å². The third kappa shape index (κ3) is 3.51. The van der Waals surface area contributed by atoms with Crippen LogP contribution in [0.15, 0.2) is 12.3 Å². The second-order valence-electron chi connectivity index (χ2n) is 4.68. The molecule has 1 unspecified atom stereocenters. The molecular formula is C14H17ClN4OS. The molecule has 0 bridgehead atoms. The van der Waals surface area contributed by atoms with Crippen molar-refractivity contribution in [3.63, 3.8) is 0 Å². The standard InChI is InChI=1S/C14H17ClN4OS/c1-7-12(21-9(3)18-7)8(2)19-14(20)10-5-11(15)13(16-4)17-6-10/h5-6,8H,1-4H3,(H,16,17)(H,19,20). The largest absolute Gasteiger partial charge is 0.372 e. The van der Waals surface area contributed by atoms with Crippen molar-refractivity contribution in [1.29, 1.82) is 0 Å². The minimum absolute atomic E-state index is 0.105. The highest BCUT2D eigenvalue weighted by molar-refractivity contribution is 7.11. The van der Waals surface area contributed by atoms with Gasteiger partial charge in [0.15, 0.2) is 0 Å². The van der Waals surface area contributed by atoms with E-state index < -0.39 is 0 Å². The first-order chi connectivity index (χ1) is 9.92. The van der Waals surface area contributed by atoms with Crippen molar-refractivity contribution < 1.29 is 4.79 Å². The summed E-state index contributed by atoms with van der Waals surface area (Å²) in [6.45, 7) is 5.84. The lowest BCUT2D eigenvalue weighted by Gasteiger charge is -2.13. The summed E-state index contributed by atoms with van der Waals surface area (Å²) >= 11 is 7.63. The van der Waals surface area contributed by atoms with Gasteiger partial charge < -0.3 is 10.6 Å². The molecule has 2 aromatic rings. The fourth-order valence-corrected chi connectivity index (χ4v) is 3.23. The first-order valence-corrected chi connectivity index (χ1v) is 7.70. The highest BCUT2D eigenvalue weighted by Gasteiger charge is 2.17. The van der Waals surface area contributed by atoms with Crippen LogP contribution in [0.2, 0.25) is 5.02 Å². The fourth-order valence-electron chi connectivity index (χ4n) is 2.04. The van der Waals surface area contributed by atoms with E-state index in [1.807, 2.05) is 20.8 Å². The molecule has 2 heterocycles. The van der Waals surface area contributed by atoms with Crippen molar-refractivity contribution in [1.82, 2.24) is 15.3 Å². The molecule has 0 saturated heterocycles. The SMILES string of the molecule is CNc1ncc(C(=O)NC(C)c2sc(C)nc2C)cc1Cl. The number of amides is 1. The van der Waals surface area contributed by atoms with Crippen LogP contribution in [0.25, 0.3) is 0 Å². The zero-order valence-corrected chi connectivity index (χ0v) is 13.9. The molecule has 0 aliphatic rings. The molecule has 0 aromatic carbocycles. The van der Waals surface area contributed by atoms with Gasteiger partial charge in [-0.25, -0.2) is 9.97 Å². The molecule has 2 rings (SSSR count). The van der Waals surface area contributed by atoms with Gasteiger partial charge in [0.05, 0.1) is 27.3 Å². The molecule has 1 amide bonds. The maximum atomic E-state index is 12.3. The van der Waals surface area contributed by atoms with Gasteiger partial charge in [0, 0.05) is 18.1 Å². The van der Waals surface area contributed by atoms with Gasteiger partial charge in [0.1, 0.15) is 5.82 Å². The van der Waals surface area contributed by atoms with Crippen molar-refractivity contribution in [3.8, 4) is 0 Å². The molecule has 7 heteroatoms. The van der Waals surface area contributed by atoms with Crippen LogP contribution in [0.3, 0.4) is 0 Å². The Morgan fingerprint density at radius 2 is 2.14 bits per heavy atom. The predicted molar refractivity (Wildman–Crippen MR) is 86.3 cm³/mol. The van der Waals surface area contributed by atoms with Crippen molar-refractivity contribution in [2.45, 2.75) is 26.8 Å². The lowest BCUT2D eigenvalue weighted by Crippen LogP contribution is -2.26. The number of pyridine rings is 1. The molecule has 0 fully saturated rings. The van der Waals surface area contributed by atoms with E-state index in [4.69, 9.17) is 11.6 Å². The van der Waals surface area contributed by atoms with Gasteiger partial charge in [-0.2, -0.15) is 0 Å². The predicted octanol–water partition coefficient (Wildman–Crippen LogP) is 3.34. The zero-order chi connectivity index (χ0) is 15.6. The summed E-state index contributed by atoms with van der Waals surface area (Å²) in [6, 6.07) is 1.50. The highest BCUT2D eigenvalue weighted by Crippen LogP contribution is 2.25. The minimum atomic E-state index is -0.204. The molecule has 112 valence electrons. The monoisotopic (exact) mass is 324 g/mol. The second kappa shape index (κ2) is 6.41. The van der Waals surface area contributed by atoms with Crippen molar-refractivity contribution in [2.24, 2.45) is 0 Å². The fraction of sp³-hybridized carbons (Fsp3) is 0.357. The molecular weight excluding hydrogens is 308 g/mol. The normalized spacial score (nSPS) is 12.0. The summed E-state index contributed by atoms with van der Waals surface area (Å²) in [5, 5.41) is 7.21. The Balaban J connectivity index is 2.14. The van der Waals surface area contributed by atoms with Crippen LogP contribution in [0.1, 0.15) is 38.9 Å². The van der Waals surface area contributed by atoms with Crippen molar-refractivity contribution in [3.05, 3.63) is 38.4 Å². The number of nitrogens with one attached hydrogen (secondary N) is 2. The third-order valence-corrected chi connectivity index (χ3v) is 4.56. The number of rotatable bonds is 4. The summed E-state index contributed by atoms with van der Waals surface area (Å²) in [5.74, 6) is 0.347. The Labute approximate surface area is 132 Å². The summed E-state index contributed by atoms with van der Waals surface area (Å²) in [7, 11) is 1.73. The van der Waals surface area contributed by atoms with Crippen LogP contribution in [0.5, 0.6) is 0 Å². The van der Waals surface area contributed by atoms with E-state index in [1.165, 1.54) is 6.20 Å². The van der Waals surface area contributed by atoms with E-state index in [0.717, 1.165) is 15.6 Å². The number of hydrogen-bond acceptors (Lipinski definition) is 5. The van der Waals surface area contributed by atoms with Gasteiger partial charge in [-0.1, -0.05) is 11.6 Å². The zero-order valence-electron chi connectivity index (χ0n) is 12.3. The number of carbonyl (C=O) groups excluding carboxylic acids is 1. The summed E-state index contributed by atoms with van der Waals surface area (Å²) in [5.41, 5.74) is 1.39. The Kier molecular flexibility index (Phi) is 4.80. The van der Waals surface area contributed by atoms with E-state index in [9.17, 15) is 4.79 Å². The number of nitrogens with zero attached hydrogens (tertiary/aromatic N) is 2. The van der Waals surface area contributed by atoms with Gasteiger partial charge in [-0.3, -0.25) is 4.79 Å². The molecule has 0 radical (unpaired) electrons. The maximum Gasteiger partial charge on any atom is 0.253 e. The molecule has 21 heavy (non-hydrogen) atoms. The van der Waals surface area contributed by atoms with Gasteiger partial charge in [0.25, 0.3) is 5.91 Å². The van der Waals surface area contributed by atoms with Crippen LogP contribution in [0, 0.1) is 13.8 Å². The van der Waals surface area contributed by atoms with E-state index in [1.54, 1.807) is 24.5 Å². The van der Waals surface area contributed by atoms with Gasteiger partial charge >= 0.3 is 0 Å². The van der Waals surface area contributed by atoms with E-state index in [2.05, 4.69) is 20.6 Å². The van der Waals surface area contributed by atoms with E-state index in [-0.39, 0.29) is 11.9 Å². The molecule has 0 aliphatic carbocycles. The number of halogens is 1. The molecule has 0 saturated carbocycles. The topological polar surface area (TPSA) is 66.9 Å². The second-order valence-corrected chi connectivity index (χ2v) is 6.32. The van der Waals surface area contributed by atoms with Crippen molar-refractivity contribution >= 4 is 34.7 Å². The Bertz CT molecular complexity index is 671. The van der Waals surface area contributed by atoms with E-state index >= 15 is 0 Å². The summed E-state index contributed by atoms with van der Waals surface area (Å²) in [6.07, 6.45) is 1.50. The minimum Gasteiger partial charge on any atom is -0.372 e. The van der Waals surface area contributed by atoms with Crippen LogP contribution in [-0.2, 0) is 0 Å².